The first-order valence-electron chi connectivity index (χ1n) is 10.2. The number of benzene rings is 1. The Morgan fingerprint density at radius 3 is 2.57 bits per heavy atom. The smallest absolute Gasteiger partial charge is 0.325 e. The van der Waals surface area contributed by atoms with Crippen LogP contribution in [0.15, 0.2) is 24.3 Å². The van der Waals surface area contributed by atoms with Crippen LogP contribution >= 0.6 is 0 Å². The normalized spacial score (nSPS) is 18.3. The first-order valence-corrected chi connectivity index (χ1v) is 10.2. The van der Waals surface area contributed by atoms with Crippen LogP contribution in [0.3, 0.4) is 0 Å². The van der Waals surface area contributed by atoms with E-state index in [1.807, 2.05) is 0 Å². The van der Waals surface area contributed by atoms with Gasteiger partial charge in [-0.15, -0.1) is 0 Å². The minimum atomic E-state index is -0.989. The van der Waals surface area contributed by atoms with E-state index < -0.39 is 29.4 Å². The van der Waals surface area contributed by atoms with Crippen LogP contribution in [0.1, 0.15) is 39.5 Å². The first-order chi connectivity index (χ1) is 14.3. The van der Waals surface area contributed by atoms with Crippen molar-refractivity contribution in [1.82, 2.24) is 15.1 Å². The van der Waals surface area contributed by atoms with Crippen LogP contribution < -0.4 is 15.4 Å². The molecule has 1 heterocycles. The minimum absolute atomic E-state index is 0.202. The molecule has 0 bridgehead atoms. The Morgan fingerprint density at radius 1 is 1.27 bits per heavy atom. The lowest BCUT2D eigenvalue weighted by Gasteiger charge is -2.28. The molecule has 1 aromatic carbocycles. The first kappa shape index (κ1) is 21.6. The van der Waals surface area contributed by atoms with E-state index in [-0.39, 0.29) is 19.0 Å². The fourth-order valence-corrected chi connectivity index (χ4v) is 4.14. The van der Waals surface area contributed by atoms with Crippen LogP contribution in [-0.2, 0) is 14.4 Å². The molecular weight excluding hydrogens is 388 g/mol. The third-order valence-electron chi connectivity index (χ3n) is 5.80. The molecule has 1 aliphatic heterocycles. The molecule has 3 rings (SSSR count). The zero-order valence-corrected chi connectivity index (χ0v) is 17.6. The quantitative estimate of drug-likeness (QED) is 0.658. The van der Waals surface area contributed by atoms with Crippen LogP contribution in [-0.4, -0.2) is 65.3 Å². The highest BCUT2D eigenvalue weighted by molar-refractivity contribution is 6.10. The number of rotatable bonds is 7. The van der Waals surface area contributed by atoms with E-state index in [9.17, 15) is 19.2 Å². The average molecular weight is 416 g/mol. The lowest BCUT2D eigenvalue weighted by molar-refractivity contribution is -0.143. The number of likely N-dealkylation sites (N-methyl/N-ethyl adjacent to an activating group) is 1. The number of hydrogen-bond acceptors (Lipinski definition) is 5. The van der Waals surface area contributed by atoms with E-state index in [0.717, 1.165) is 17.7 Å². The SMILES string of the molecule is CCN(CC(=O)Nc1ccccc1OC)C(=O)C(C)N1C(=O)NC2(CCCC2)C1=O. The van der Waals surface area contributed by atoms with Gasteiger partial charge in [-0.05, 0) is 38.8 Å². The predicted molar refractivity (Wildman–Crippen MR) is 110 cm³/mol. The Hall–Kier alpha value is -3.10. The van der Waals surface area contributed by atoms with Gasteiger partial charge in [0.25, 0.3) is 5.91 Å². The van der Waals surface area contributed by atoms with Gasteiger partial charge >= 0.3 is 6.03 Å². The van der Waals surface area contributed by atoms with Crippen molar-refractivity contribution >= 4 is 29.4 Å². The zero-order valence-electron chi connectivity index (χ0n) is 17.6. The highest BCUT2D eigenvalue weighted by Gasteiger charge is 2.54. The molecule has 1 aliphatic carbocycles. The number of urea groups is 1. The fraction of sp³-hybridized carbons (Fsp3) is 0.524. The molecular formula is C21H28N4O5. The molecule has 2 N–H and O–H groups in total. The number of para-hydroxylation sites is 2. The molecule has 1 saturated heterocycles. The number of amides is 5. The Kier molecular flexibility index (Phi) is 6.28. The predicted octanol–water partition coefficient (Wildman–Crippen LogP) is 1.74. The van der Waals surface area contributed by atoms with Gasteiger partial charge < -0.3 is 20.3 Å². The molecule has 30 heavy (non-hydrogen) atoms. The van der Waals surface area contributed by atoms with Gasteiger partial charge in [0.05, 0.1) is 19.3 Å². The summed E-state index contributed by atoms with van der Waals surface area (Å²) >= 11 is 0. The van der Waals surface area contributed by atoms with Crippen molar-refractivity contribution in [3.63, 3.8) is 0 Å². The van der Waals surface area contributed by atoms with Gasteiger partial charge in [0, 0.05) is 6.54 Å². The summed E-state index contributed by atoms with van der Waals surface area (Å²) in [4.78, 5) is 53.2. The number of imide groups is 1. The fourth-order valence-electron chi connectivity index (χ4n) is 4.14. The second-order valence-corrected chi connectivity index (χ2v) is 7.67. The maximum Gasteiger partial charge on any atom is 0.325 e. The summed E-state index contributed by atoms with van der Waals surface area (Å²) in [5.74, 6) is -0.687. The van der Waals surface area contributed by atoms with Crippen molar-refractivity contribution in [2.24, 2.45) is 0 Å². The number of carbonyl (C=O) groups excluding carboxylic acids is 4. The topological polar surface area (TPSA) is 108 Å². The van der Waals surface area contributed by atoms with Crippen molar-refractivity contribution in [2.45, 2.75) is 51.1 Å². The summed E-state index contributed by atoms with van der Waals surface area (Å²) in [6, 6.07) is 5.43. The Balaban J connectivity index is 1.67. The van der Waals surface area contributed by atoms with Crippen LogP contribution in [0.25, 0.3) is 0 Å². The third kappa shape index (κ3) is 3.96. The number of nitrogens with one attached hydrogen (secondary N) is 2. The number of nitrogens with zero attached hydrogens (tertiary/aromatic N) is 2. The van der Waals surface area contributed by atoms with Crippen LogP contribution in [0.4, 0.5) is 10.5 Å². The van der Waals surface area contributed by atoms with Gasteiger partial charge in [0.2, 0.25) is 11.8 Å². The van der Waals surface area contributed by atoms with Gasteiger partial charge in [0.15, 0.2) is 0 Å². The van der Waals surface area contributed by atoms with Crippen LogP contribution in [0.2, 0.25) is 0 Å². The molecule has 162 valence electrons. The molecule has 9 heteroatoms. The van der Waals surface area contributed by atoms with Gasteiger partial charge in [-0.1, -0.05) is 25.0 Å². The molecule has 1 saturated carbocycles. The molecule has 0 aromatic heterocycles. The molecule has 2 aliphatic rings. The van der Waals surface area contributed by atoms with E-state index in [1.165, 1.54) is 18.9 Å². The Morgan fingerprint density at radius 2 is 1.93 bits per heavy atom. The Bertz CT molecular complexity index is 850. The van der Waals surface area contributed by atoms with Gasteiger partial charge in [-0.3, -0.25) is 14.4 Å². The van der Waals surface area contributed by atoms with Gasteiger partial charge in [-0.25, -0.2) is 9.69 Å². The molecule has 5 amide bonds. The molecule has 1 atom stereocenters. The van der Waals surface area contributed by atoms with E-state index in [2.05, 4.69) is 10.6 Å². The standard InChI is InChI=1S/C21H28N4O5/c1-4-24(13-17(26)22-15-9-5-6-10-16(15)30-3)18(27)14(2)25-19(28)21(23-20(25)29)11-7-8-12-21/h5-6,9-10,14H,4,7-8,11-13H2,1-3H3,(H,22,26)(H,23,29). The number of ether oxygens (including phenoxy) is 1. The van der Waals surface area contributed by atoms with Crippen molar-refractivity contribution < 1.29 is 23.9 Å². The second-order valence-electron chi connectivity index (χ2n) is 7.67. The van der Waals surface area contributed by atoms with Crippen molar-refractivity contribution in [2.75, 3.05) is 25.5 Å². The molecule has 2 fully saturated rings. The number of carbonyl (C=O) groups is 4. The number of methoxy groups -OCH3 is 1. The number of anilines is 1. The summed E-state index contributed by atoms with van der Waals surface area (Å²) in [6.07, 6.45) is 2.92. The summed E-state index contributed by atoms with van der Waals surface area (Å²) < 4.78 is 5.22. The number of hydrogen-bond donors (Lipinski definition) is 2. The monoisotopic (exact) mass is 416 g/mol. The summed E-state index contributed by atoms with van der Waals surface area (Å²) in [5, 5.41) is 5.51. The third-order valence-corrected chi connectivity index (χ3v) is 5.80. The largest absolute Gasteiger partial charge is 0.495 e. The molecule has 1 spiro atoms. The maximum atomic E-state index is 13.0. The van der Waals surface area contributed by atoms with Crippen LogP contribution in [0, 0.1) is 0 Å². The highest BCUT2D eigenvalue weighted by atomic mass is 16.5. The average Bonchev–Trinajstić information content (AvgIpc) is 3.30. The van der Waals surface area contributed by atoms with Gasteiger partial charge in [0.1, 0.15) is 17.3 Å². The highest BCUT2D eigenvalue weighted by Crippen LogP contribution is 2.36. The maximum absolute atomic E-state index is 13.0. The summed E-state index contributed by atoms with van der Waals surface area (Å²) in [5.41, 5.74) is -0.372. The van der Waals surface area contributed by atoms with E-state index in [4.69, 9.17) is 4.74 Å². The molecule has 0 radical (unpaired) electrons. The second kappa shape index (κ2) is 8.73. The molecule has 1 aromatic rings. The Labute approximate surface area is 175 Å². The summed E-state index contributed by atoms with van der Waals surface area (Å²) in [7, 11) is 1.50. The van der Waals surface area contributed by atoms with Crippen LogP contribution in [0.5, 0.6) is 5.75 Å². The van der Waals surface area contributed by atoms with Gasteiger partial charge in [-0.2, -0.15) is 0 Å². The molecule has 9 nitrogen and oxygen atoms in total. The summed E-state index contributed by atoms with van der Waals surface area (Å²) in [6.45, 7) is 3.32. The zero-order chi connectivity index (χ0) is 21.9. The van der Waals surface area contributed by atoms with E-state index in [0.29, 0.717) is 24.3 Å². The van der Waals surface area contributed by atoms with E-state index in [1.54, 1.807) is 31.2 Å². The van der Waals surface area contributed by atoms with E-state index >= 15 is 0 Å². The minimum Gasteiger partial charge on any atom is -0.495 e. The van der Waals surface area contributed by atoms with Crippen molar-refractivity contribution in [3.8, 4) is 5.75 Å². The molecule has 1 unspecified atom stereocenters. The van der Waals surface area contributed by atoms with Crippen molar-refractivity contribution in [3.05, 3.63) is 24.3 Å². The van der Waals surface area contributed by atoms with Crippen molar-refractivity contribution in [1.29, 1.82) is 0 Å². The lowest BCUT2D eigenvalue weighted by atomic mass is 9.97. The lowest BCUT2D eigenvalue weighted by Crippen LogP contribution is -2.52.